The smallest absolute Gasteiger partial charge is 0.472 e. The molecule has 3 atom stereocenters. The molecule has 0 rings (SSSR count). The average molecular weight is 764 g/mol. The molecule has 4 N–H and O–H groups in total. The van der Waals surface area contributed by atoms with Gasteiger partial charge in [0.2, 0.25) is 0 Å². The Morgan fingerprint density at radius 3 is 1.21 bits per heavy atom. The number of aliphatic carboxylic acids is 1. The van der Waals surface area contributed by atoms with Gasteiger partial charge in [0.05, 0.1) is 13.2 Å². The molecule has 11 nitrogen and oxygen atoms in total. The number of carboxylic acids is 1. The van der Waals surface area contributed by atoms with Crippen molar-refractivity contribution in [1.29, 1.82) is 0 Å². The number of hydrogen-bond donors (Lipinski definition) is 3. The Bertz CT molecular complexity index is 906. The van der Waals surface area contributed by atoms with E-state index in [4.69, 9.17) is 24.8 Å². The van der Waals surface area contributed by atoms with Crippen molar-refractivity contribution >= 4 is 25.7 Å². The lowest BCUT2D eigenvalue weighted by atomic mass is 10.0. The molecule has 1 unspecified atom stereocenters. The summed E-state index contributed by atoms with van der Waals surface area (Å²) in [7, 11) is -4.70. The molecule has 12 heteroatoms. The lowest BCUT2D eigenvalue weighted by molar-refractivity contribution is -0.161. The normalized spacial score (nSPS) is 13.8. The van der Waals surface area contributed by atoms with E-state index in [1.165, 1.54) is 128 Å². The van der Waals surface area contributed by atoms with Gasteiger partial charge in [-0.15, -0.1) is 0 Å². The van der Waals surface area contributed by atoms with Crippen molar-refractivity contribution in [2.75, 3.05) is 19.8 Å². The predicted molar refractivity (Wildman–Crippen MR) is 208 cm³/mol. The monoisotopic (exact) mass is 764 g/mol. The molecule has 0 saturated heterocycles. The van der Waals surface area contributed by atoms with Crippen LogP contribution in [0.5, 0.6) is 0 Å². The number of unbranched alkanes of at least 4 members (excludes halogenated alkanes) is 26. The largest absolute Gasteiger partial charge is 0.480 e. The van der Waals surface area contributed by atoms with Gasteiger partial charge in [-0.1, -0.05) is 181 Å². The van der Waals surface area contributed by atoms with E-state index >= 15 is 0 Å². The van der Waals surface area contributed by atoms with Crippen LogP contribution in [-0.4, -0.2) is 59.9 Å². The Hall–Kier alpha value is -1.52. The first kappa shape index (κ1) is 50.5. The Labute approximate surface area is 316 Å². The average Bonchev–Trinajstić information content (AvgIpc) is 3.12. The minimum Gasteiger partial charge on any atom is -0.480 e. The summed E-state index contributed by atoms with van der Waals surface area (Å²) in [5.41, 5.74) is 5.32. The number of esters is 2. The molecule has 0 saturated carbocycles. The molecule has 52 heavy (non-hydrogen) atoms. The third kappa shape index (κ3) is 35.5. The lowest BCUT2D eigenvalue weighted by Gasteiger charge is -2.20. The number of nitrogens with two attached hydrogens (primary N) is 1. The second-order valence-electron chi connectivity index (χ2n) is 14.5. The summed E-state index contributed by atoms with van der Waals surface area (Å²) in [5, 5.41) is 8.87. The summed E-state index contributed by atoms with van der Waals surface area (Å²) < 4.78 is 32.6. The van der Waals surface area contributed by atoms with E-state index in [2.05, 4.69) is 18.4 Å². The fourth-order valence-electron chi connectivity index (χ4n) is 6.01. The molecule has 0 aromatic rings. The molecule has 0 radical (unpaired) electrons. The third-order valence-corrected chi connectivity index (χ3v) is 10.3. The Balaban J connectivity index is 4.32. The number of phosphoric ester groups is 1. The summed E-state index contributed by atoms with van der Waals surface area (Å²) in [6.45, 7) is 2.81. The van der Waals surface area contributed by atoms with E-state index in [9.17, 15) is 23.8 Å². The second-order valence-corrected chi connectivity index (χ2v) is 15.9. The van der Waals surface area contributed by atoms with Crippen LogP contribution in [0.2, 0.25) is 0 Å². The predicted octanol–water partition coefficient (Wildman–Crippen LogP) is 10.7. The Kier molecular flexibility index (Phi) is 35.4. The lowest BCUT2D eigenvalue weighted by Crippen LogP contribution is -2.34. The third-order valence-electron chi connectivity index (χ3n) is 9.36. The fraction of sp³-hybridized carbons (Fsp3) is 0.925. The summed E-state index contributed by atoms with van der Waals surface area (Å²) >= 11 is 0. The van der Waals surface area contributed by atoms with Crippen LogP contribution in [0.1, 0.15) is 206 Å². The quantitative estimate of drug-likeness (QED) is 0.0308. The molecule has 0 heterocycles. The van der Waals surface area contributed by atoms with E-state index in [1.807, 2.05) is 0 Å². The number of hydrogen-bond acceptors (Lipinski definition) is 9. The Morgan fingerprint density at radius 2 is 0.846 bits per heavy atom. The number of rotatable bonds is 40. The van der Waals surface area contributed by atoms with Crippen molar-refractivity contribution in [2.45, 2.75) is 219 Å². The maximum atomic E-state index is 12.6. The van der Waals surface area contributed by atoms with Crippen LogP contribution >= 0.6 is 7.82 Å². The van der Waals surface area contributed by atoms with Crippen LogP contribution < -0.4 is 5.73 Å². The molecule has 0 amide bonds. The van der Waals surface area contributed by atoms with Crippen molar-refractivity contribution in [1.82, 2.24) is 0 Å². The molecule has 0 fully saturated rings. The molecule has 0 spiro atoms. The van der Waals surface area contributed by atoms with E-state index in [0.29, 0.717) is 12.8 Å². The summed E-state index contributed by atoms with van der Waals surface area (Å²) in [5.74, 6) is -2.36. The van der Waals surface area contributed by atoms with Crippen LogP contribution in [0.3, 0.4) is 0 Å². The first-order chi connectivity index (χ1) is 25.1. The van der Waals surface area contributed by atoms with Gasteiger partial charge in [0.1, 0.15) is 12.6 Å². The van der Waals surface area contributed by atoms with Gasteiger partial charge in [0, 0.05) is 12.8 Å². The van der Waals surface area contributed by atoms with Crippen molar-refractivity contribution in [2.24, 2.45) is 5.73 Å². The number of ether oxygens (including phenoxy) is 2. The highest BCUT2D eigenvalue weighted by molar-refractivity contribution is 7.47. The molecule has 0 aromatic carbocycles. The van der Waals surface area contributed by atoms with E-state index in [0.717, 1.165) is 38.5 Å². The highest BCUT2D eigenvalue weighted by Gasteiger charge is 2.28. The molecule has 0 aliphatic rings. The number of carbonyl (C=O) groups is 3. The summed E-state index contributed by atoms with van der Waals surface area (Å²) in [6.07, 6.45) is 33.1. The maximum Gasteiger partial charge on any atom is 0.472 e. The van der Waals surface area contributed by atoms with Crippen molar-refractivity contribution in [3.05, 3.63) is 0 Å². The molecule has 0 bridgehead atoms. The van der Waals surface area contributed by atoms with Gasteiger partial charge in [-0.2, -0.15) is 0 Å². The number of phosphoric acid groups is 1. The first-order valence-electron chi connectivity index (χ1n) is 21.1. The summed E-state index contributed by atoms with van der Waals surface area (Å²) in [6, 6.07) is -1.52. The molecule has 0 aliphatic heterocycles. The van der Waals surface area contributed by atoms with E-state index in [-0.39, 0.29) is 19.4 Å². The number of carboxylic acid groups (broad SMARTS) is 1. The fourth-order valence-corrected chi connectivity index (χ4v) is 6.79. The zero-order valence-corrected chi connectivity index (χ0v) is 34.1. The standard InChI is InChI=1S/C40H78NO10P/c1-3-5-7-9-11-13-15-16-17-18-19-20-22-24-26-28-30-32-39(43)51-36(34-49-52(46,47)50-35-37(41)40(44)45)33-48-38(42)31-29-27-25-23-21-14-12-10-8-6-4-2/h36-37H,3-35,41H2,1-2H3,(H,44,45)(H,46,47)/t36-,37-/m0/s1. The van der Waals surface area contributed by atoms with Crippen molar-refractivity contribution in [3.8, 4) is 0 Å². The van der Waals surface area contributed by atoms with Crippen LogP contribution in [-0.2, 0) is 37.5 Å². The number of carbonyl (C=O) groups excluding carboxylic acids is 2. The minimum absolute atomic E-state index is 0.169. The Morgan fingerprint density at radius 1 is 0.519 bits per heavy atom. The van der Waals surface area contributed by atoms with Crippen LogP contribution in [0, 0.1) is 0 Å². The minimum atomic E-state index is -4.70. The maximum absolute atomic E-state index is 12.6. The van der Waals surface area contributed by atoms with Crippen molar-refractivity contribution in [3.63, 3.8) is 0 Å². The van der Waals surface area contributed by atoms with Gasteiger partial charge >= 0.3 is 25.7 Å². The topological polar surface area (TPSA) is 172 Å². The van der Waals surface area contributed by atoms with Gasteiger partial charge in [-0.05, 0) is 12.8 Å². The van der Waals surface area contributed by atoms with Crippen molar-refractivity contribution < 1.29 is 47.5 Å². The molecule has 0 aliphatic carbocycles. The highest BCUT2D eigenvalue weighted by Crippen LogP contribution is 2.43. The molecule has 308 valence electrons. The van der Waals surface area contributed by atoms with Crippen LogP contribution in [0.4, 0.5) is 0 Å². The zero-order chi connectivity index (χ0) is 38.5. The van der Waals surface area contributed by atoms with E-state index < -0.39 is 51.1 Å². The van der Waals surface area contributed by atoms with E-state index in [1.54, 1.807) is 0 Å². The molecular formula is C40H78NO10P. The SMILES string of the molecule is CCCCCCCCCCCCCCCCCCCC(=O)O[C@@H](COC(=O)CCCCCCCCCCCCC)COP(=O)(O)OC[C@H](N)C(=O)O. The second kappa shape index (κ2) is 36.5. The van der Waals surface area contributed by atoms with Gasteiger partial charge < -0.3 is 25.2 Å². The zero-order valence-electron chi connectivity index (χ0n) is 33.2. The summed E-state index contributed by atoms with van der Waals surface area (Å²) in [4.78, 5) is 45.8. The van der Waals surface area contributed by atoms with Gasteiger partial charge in [0.25, 0.3) is 0 Å². The highest BCUT2D eigenvalue weighted by atomic mass is 31.2. The first-order valence-corrected chi connectivity index (χ1v) is 22.6. The van der Waals surface area contributed by atoms with Gasteiger partial charge in [-0.3, -0.25) is 23.4 Å². The van der Waals surface area contributed by atoms with Gasteiger partial charge in [0.15, 0.2) is 6.10 Å². The van der Waals surface area contributed by atoms with Crippen LogP contribution in [0.15, 0.2) is 0 Å². The molecular weight excluding hydrogens is 685 g/mol. The van der Waals surface area contributed by atoms with Gasteiger partial charge in [-0.25, -0.2) is 4.57 Å². The van der Waals surface area contributed by atoms with Crippen LogP contribution in [0.25, 0.3) is 0 Å². The molecule has 0 aromatic heterocycles.